The van der Waals surface area contributed by atoms with E-state index in [0.29, 0.717) is 29.2 Å². The molecule has 1 saturated heterocycles. The molecule has 160 valence electrons. The Hall–Kier alpha value is -3.29. The number of rotatable bonds is 7. The lowest BCUT2D eigenvalue weighted by Gasteiger charge is -2.27. The van der Waals surface area contributed by atoms with Crippen LogP contribution in [0.3, 0.4) is 0 Å². The van der Waals surface area contributed by atoms with E-state index in [4.69, 9.17) is 14.2 Å². The SMILES string of the molecule is COc1cc(/C=C2/C(=O)NC(=O)N(CCC3=CCCCC3)C2=O)cc(OC)c1OC. The number of methoxy groups -OCH3 is 3. The van der Waals surface area contributed by atoms with Crippen LogP contribution in [-0.2, 0) is 9.59 Å². The molecule has 2 aliphatic rings. The van der Waals surface area contributed by atoms with Gasteiger partial charge in [0.25, 0.3) is 11.8 Å². The van der Waals surface area contributed by atoms with Gasteiger partial charge in [-0.2, -0.15) is 0 Å². The maximum Gasteiger partial charge on any atom is 0.331 e. The van der Waals surface area contributed by atoms with Gasteiger partial charge in [0, 0.05) is 6.54 Å². The zero-order valence-corrected chi connectivity index (χ0v) is 17.4. The Morgan fingerprint density at radius 2 is 1.73 bits per heavy atom. The van der Waals surface area contributed by atoms with Gasteiger partial charge in [0.2, 0.25) is 5.75 Å². The number of carbonyl (C=O) groups is 3. The van der Waals surface area contributed by atoms with E-state index < -0.39 is 17.8 Å². The third-order valence-corrected chi connectivity index (χ3v) is 5.23. The molecule has 0 spiro atoms. The number of allylic oxidation sites excluding steroid dienone is 1. The molecule has 3 rings (SSSR count). The average Bonchev–Trinajstić information content (AvgIpc) is 2.76. The fourth-order valence-electron chi connectivity index (χ4n) is 3.64. The highest BCUT2D eigenvalue weighted by molar-refractivity contribution is 6.31. The number of amides is 4. The second-order valence-electron chi connectivity index (χ2n) is 7.09. The summed E-state index contributed by atoms with van der Waals surface area (Å²) < 4.78 is 15.9. The van der Waals surface area contributed by atoms with Crippen LogP contribution in [-0.4, -0.2) is 50.6 Å². The number of carbonyl (C=O) groups excluding carboxylic acids is 3. The van der Waals surface area contributed by atoms with Crippen molar-refractivity contribution >= 4 is 23.9 Å². The van der Waals surface area contributed by atoms with E-state index in [1.807, 2.05) is 0 Å². The highest BCUT2D eigenvalue weighted by Gasteiger charge is 2.35. The van der Waals surface area contributed by atoms with Crippen molar-refractivity contribution in [1.82, 2.24) is 10.2 Å². The molecule has 1 fully saturated rings. The van der Waals surface area contributed by atoms with Crippen molar-refractivity contribution in [2.24, 2.45) is 0 Å². The van der Waals surface area contributed by atoms with Crippen LogP contribution in [0.15, 0.2) is 29.4 Å². The molecule has 0 atom stereocenters. The minimum atomic E-state index is -0.730. The van der Waals surface area contributed by atoms with Crippen molar-refractivity contribution < 1.29 is 28.6 Å². The number of hydrogen-bond donors (Lipinski definition) is 1. The first-order valence-corrected chi connectivity index (χ1v) is 9.85. The van der Waals surface area contributed by atoms with Crippen LogP contribution in [0.25, 0.3) is 6.08 Å². The van der Waals surface area contributed by atoms with E-state index in [1.54, 1.807) is 12.1 Å². The van der Waals surface area contributed by atoms with Crippen molar-refractivity contribution in [2.75, 3.05) is 27.9 Å². The number of barbiturate groups is 1. The lowest BCUT2D eigenvalue weighted by Crippen LogP contribution is -2.54. The molecule has 1 aromatic rings. The summed E-state index contributed by atoms with van der Waals surface area (Å²) in [6, 6.07) is 2.56. The van der Waals surface area contributed by atoms with Gasteiger partial charge < -0.3 is 14.2 Å². The third-order valence-electron chi connectivity index (χ3n) is 5.23. The van der Waals surface area contributed by atoms with E-state index in [9.17, 15) is 14.4 Å². The summed E-state index contributed by atoms with van der Waals surface area (Å²) in [7, 11) is 4.45. The summed E-state index contributed by atoms with van der Waals surface area (Å²) in [5.41, 5.74) is 1.63. The fraction of sp³-hybridized carbons (Fsp3) is 0.409. The van der Waals surface area contributed by atoms with Crippen molar-refractivity contribution in [2.45, 2.75) is 32.1 Å². The smallest absolute Gasteiger partial charge is 0.331 e. The molecule has 0 unspecified atom stereocenters. The van der Waals surface area contributed by atoms with Gasteiger partial charge in [0.15, 0.2) is 11.5 Å². The van der Waals surface area contributed by atoms with Crippen molar-refractivity contribution in [3.05, 3.63) is 34.9 Å². The van der Waals surface area contributed by atoms with Crippen molar-refractivity contribution in [3.8, 4) is 17.2 Å². The molecule has 8 heteroatoms. The van der Waals surface area contributed by atoms with Crippen LogP contribution in [0.1, 0.15) is 37.7 Å². The minimum Gasteiger partial charge on any atom is -0.493 e. The van der Waals surface area contributed by atoms with Gasteiger partial charge >= 0.3 is 6.03 Å². The Morgan fingerprint density at radius 3 is 2.30 bits per heavy atom. The lowest BCUT2D eigenvalue weighted by atomic mass is 9.97. The molecule has 0 bridgehead atoms. The van der Waals surface area contributed by atoms with Gasteiger partial charge in [-0.25, -0.2) is 4.79 Å². The lowest BCUT2D eigenvalue weighted by molar-refractivity contribution is -0.130. The molecule has 1 aliphatic heterocycles. The molecular formula is C22H26N2O6. The Balaban J connectivity index is 1.87. The molecule has 1 aliphatic carbocycles. The fourth-order valence-corrected chi connectivity index (χ4v) is 3.64. The topological polar surface area (TPSA) is 94.2 Å². The van der Waals surface area contributed by atoms with Gasteiger partial charge in [0.1, 0.15) is 5.57 Å². The standard InChI is InChI=1S/C22H26N2O6/c1-28-17-12-15(13-18(29-2)19(17)30-3)11-16-20(25)23-22(27)24(21(16)26)10-9-14-7-5-4-6-8-14/h7,11-13H,4-6,8-10H2,1-3H3,(H,23,25,27)/b16-11-. The summed E-state index contributed by atoms with van der Waals surface area (Å²) in [5, 5.41) is 2.25. The van der Waals surface area contributed by atoms with E-state index >= 15 is 0 Å². The van der Waals surface area contributed by atoms with Gasteiger partial charge in [0.05, 0.1) is 21.3 Å². The van der Waals surface area contributed by atoms with Crippen LogP contribution in [0, 0.1) is 0 Å². The summed E-state index contributed by atoms with van der Waals surface area (Å²) in [4.78, 5) is 38.6. The Morgan fingerprint density at radius 1 is 1.03 bits per heavy atom. The third kappa shape index (κ3) is 4.48. The maximum absolute atomic E-state index is 12.9. The number of hydrogen-bond acceptors (Lipinski definition) is 6. The first kappa shape index (κ1) is 21.4. The molecule has 30 heavy (non-hydrogen) atoms. The van der Waals surface area contributed by atoms with E-state index in [2.05, 4.69) is 11.4 Å². The summed E-state index contributed by atoms with van der Waals surface area (Å²) >= 11 is 0. The summed E-state index contributed by atoms with van der Waals surface area (Å²) in [6.07, 6.45) is 8.51. The molecule has 0 aromatic heterocycles. The molecule has 1 heterocycles. The number of benzene rings is 1. The zero-order valence-electron chi connectivity index (χ0n) is 17.4. The quantitative estimate of drug-likeness (QED) is 0.419. The average molecular weight is 414 g/mol. The first-order valence-electron chi connectivity index (χ1n) is 9.85. The number of urea groups is 1. The van der Waals surface area contributed by atoms with E-state index in [-0.39, 0.29) is 12.1 Å². The zero-order chi connectivity index (χ0) is 21.7. The maximum atomic E-state index is 12.9. The van der Waals surface area contributed by atoms with Gasteiger partial charge in [-0.05, 0) is 55.9 Å². The molecule has 8 nitrogen and oxygen atoms in total. The molecule has 1 N–H and O–H groups in total. The van der Waals surface area contributed by atoms with Gasteiger partial charge in [-0.15, -0.1) is 0 Å². The van der Waals surface area contributed by atoms with Gasteiger partial charge in [-0.1, -0.05) is 11.6 Å². The van der Waals surface area contributed by atoms with Crippen molar-refractivity contribution in [1.29, 1.82) is 0 Å². The van der Waals surface area contributed by atoms with E-state index in [0.717, 1.165) is 24.2 Å². The Kier molecular flexibility index (Phi) is 6.76. The molecule has 0 saturated carbocycles. The van der Waals surface area contributed by atoms with Crippen LogP contribution >= 0.6 is 0 Å². The van der Waals surface area contributed by atoms with Crippen LogP contribution in [0.2, 0.25) is 0 Å². The largest absolute Gasteiger partial charge is 0.493 e. The normalized spacial score (nSPS) is 18.2. The highest BCUT2D eigenvalue weighted by atomic mass is 16.5. The number of nitrogens with one attached hydrogen (secondary N) is 1. The Bertz CT molecular complexity index is 893. The molecule has 1 aromatic carbocycles. The van der Waals surface area contributed by atoms with Crippen LogP contribution in [0.4, 0.5) is 4.79 Å². The van der Waals surface area contributed by atoms with Crippen molar-refractivity contribution in [3.63, 3.8) is 0 Å². The second-order valence-corrected chi connectivity index (χ2v) is 7.09. The monoisotopic (exact) mass is 414 g/mol. The van der Waals surface area contributed by atoms with Gasteiger partial charge in [-0.3, -0.25) is 19.8 Å². The predicted octanol–water partition coefficient (Wildman–Crippen LogP) is 3.06. The number of imide groups is 2. The van der Waals surface area contributed by atoms with Crippen LogP contribution < -0.4 is 19.5 Å². The second kappa shape index (κ2) is 9.47. The van der Waals surface area contributed by atoms with E-state index in [1.165, 1.54) is 39.4 Å². The van der Waals surface area contributed by atoms with Crippen LogP contribution in [0.5, 0.6) is 17.2 Å². The molecule has 0 radical (unpaired) electrons. The highest BCUT2D eigenvalue weighted by Crippen LogP contribution is 2.38. The first-order chi connectivity index (χ1) is 14.5. The summed E-state index contributed by atoms with van der Waals surface area (Å²) in [6.45, 7) is 0.233. The number of ether oxygens (including phenoxy) is 3. The summed E-state index contributed by atoms with van der Waals surface area (Å²) in [5.74, 6) is -0.158. The minimum absolute atomic E-state index is 0.124. The predicted molar refractivity (Wildman–Crippen MR) is 110 cm³/mol. The number of nitrogens with zero attached hydrogens (tertiary/aromatic N) is 1. The molecule has 4 amide bonds. The Labute approximate surface area is 175 Å². The molecular weight excluding hydrogens is 388 g/mol.